The van der Waals surface area contributed by atoms with Crippen molar-refractivity contribution >= 4 is 35.4 Å². The van der Waals surface area contributed by atoms with Crippen LogP contribution in [0.15, 0.2) is 35.1 Å². The summed E-state index contributed by atoms with van der Waals surface area (Å²) in [5.41, 5.74) is 2.69. The van der Waals surface area contributed by atoms with Crippen LogP contribution in [0.2, 0.25) is 0 Å². The SMILES string of the molecule is O=C(O)/C=C/c1ccc(-c2nc3c([nH]2)c(=O)n(CC2CCCCC2)c(=S)n3CC2CCCCC2)cc1. The van der Waals surface area contributed by atoms with Crippen LogP contribution in [0.1, 0.15) is 69.8 Å². The molecule has 2 N–H and O–H groups in total. The van der Waals surface area contributed by atoms with Crippen LogP contribution in [-0.4, -0.2) is 30.2 Å². The minimum atomic E-state index is -0.983. The normalized spacial score (nSPS) is 17.8. The molecule has 5 rings (SSSR count). The summed E-state index contributed by atoms with van der Waals surface area (Å²) in [5.74, 6) is 0.684. The van der Waals surface area contributed by atoms with Crippen LogP contribution >= 0.6 is 12.2 Å². The van der Waals surface area contributed by atoms with Crippen LogP contribution in [0.3, 0.4) is 0 Å². The van der Waals surface area contributed by atoms with Gasteiger partial charge in [-0.3, -0.25) is 9.36 Å². The Kier molecular flexibility index (Phi) is 7.51. The van der Waals surface area contributed by atoms with Gasteiger partial charge >= 0.3 is 5.97 Å². The number of carbonyl (C=O) groups is 1. The number of aliphatic carboxylic acids is 1. The van der Waals surface area contributed by atoms with Gasteiger partial charge in [0.15, 0.2) is 10.4 Å². The van der Waals surface area contributed by atoms with E-state index in [-0.39, 0.29) is 5.56 Å². The molecule has 0 saturated heterocycles. The van der Waals surface area contributed by atoms with E-state index >= 15 is 0 Å². The molecule has 0 radical (unpaired) electrons. The number of carboxylic acid groups (broad SMARTS) is 1. The number of benzene rings is 1. The molecule has 2 aromatic heterocycles. The number of hydrogen-bond donors (Lipinski definition) is 2. The molecule has 2 aliphatic carbocycles. The minimum absolute atomic E-state index is 0.0831. The van der Waals surface area contributed by atoms with E-state index in [0.29, 0.717) is 40.1 Å². The smallest absolute Gasteiger partial charge is 0.328 e. The minimum Gasteiger partial charge on any atom is -0.478 e. The number of hydrogen-bond acceptors (Lipinski definition) is 4. The zero-order valence-corrected chi connectivity index (χ0v) is 21.4. The van der Waals surface area contributed by atoms with Gasteiger partial charge in [0, 0.05) is 24.7 Å². The van der Waals surface area contributed by atoms with E-state index < -0.39 is 5.97 Å². The molecule has 190 valence electrons. The number of imidazole rings is 1. The van der Waals surface area contributed by atoms with E-state index in [4.69, 9.17) is 22.3 Å². The fourth-order valence-corrected chi connectivity index (χ4v) is 6.12. The van der Waals surface area contributed by atoms with Crippen molar-refractivity contribution in [2.75, 3.05) is 0 Å². The summed E-state index contributed by atoms with van der Waals surface area (Å²) in [7, 11) is 0. The highest BCUT2D eigenvalue weighted by molar-refractivity contribution is 7.71. The van der Waals surface area contributed by atoms with E-state index in [1.807, 2.05) is 28.8 Å². The third kappa shape index (κ3) is 5.38. The average molecular weight is 507 g/mol. The third-order valence-corrected chi connectivity index (χ3v) is 8.24. The Labute approximate surface area is 215 Å². The lowest BCUT2D eigenvalue weighted by Gasteiger charge is -2.25. The van der Waals surface area contributed by atoms with Crippen molar-refractivity contribution in [1.82, 2.24) is 19.1 Å². The molecule has 0 spiro atoms. The highest BCUT2D eigenvalue weighted by atomic mass is 32.1. The molecule has 0 amide bonds. The molecule has 2 aliphatic rings. The Morgan fingerprint density at radius 2 is 1.56 bits per heavy atom. The van der Waals surface area contributed by atoms with Crippen molar-refractivity contribution in [3.05, 3.63) is 51.0 Å². The van der Waals surface area contributed by atoms with E-state index in [0.717, 1.165) is 36.6 Å². The summed E-state index contributed by atoms with van der Waals surface area (Å²) < 4.78 is 4.52. The van der Waals surface area contributed by atoms with E-state index in [1.54, 1.807) is 6.08 Å². The Hall–Kier alpha value is -3.00. The maximum Gasteiger partial charge on any atom is 0.328 e. The first kappa shape index (κ1) is 24.7. The second-order valence-electron chi connectivity index (χ2n) is 10.4. The summed E-state index contributed by atoms with van der Waals surface area (Å²) >= 11 is 5.95. The van der Waals surface area contributed by atoms with Gasteiger partial charge in [0.05, 0.1) is 0 Å². The van der Waals surface area contributed by atoms with Gasteiger partial charge in [0.1, 0.15) is 11.3 Å². The summed E-state index contributed by atoms with van der Waals surface area (Å²) in [6.45, 7) is 1.47. The summed E-state index contributed by atoms with van der Waals surface area (Å²) in [4.78, 5) is 32.7. The Morgan fingerprint density at radius 3 is 2.14 bits per heavy atom. The van der Waals surface area contributed by atoms with Crippen LogP contribution in [0, 0.1) is 16.6 Å². The second kappa shape index (κ2) is 10.9. The lowest BCUT2D eigenvalue weighted by atomic mass is 9.89. The van der Waals surface area contributed by atoms with Crippen LogP contribution in [-0.2, 0) is 17.9 Å². The van der Waals surface area contributed by atoms with Gasteiger partial charge in [-0.1, -0.05) is 62.8 Å². The first-order valence-corrected chi connectivity index (χ1v) is 13.6. The van der Waals surface area contributed by atoms with Gasteiger partial charge in [-0.2, -0.15) is 0 Å². The van der Waals surface area contributed by atoms with Gasteiger partial charge < -0.3 is 14.7 Å². The molecule has 2 heterocycles. The van der Waals surface area contributed by atoms with Crippen molar-refractivity contribution in [2.45, 2.75) is 77.3 Å². The molecular weight excluding hydrogens is 472 g/mol. The van der Waals surface area contributed by atoms with Crippen molar-refractivity contribution in [3.63, 3.8) is 0 Å². The van der Waals surface area contributed by atoms with Crippen molar-refractivity contribution in [2.24, 2.45) is 11.8 Å². The number of aromatic amines is 1. The molecule has 7 nitrogen and oxygen atoms in total. The zero-order chi connectivity index (χ0) is 25.1. The van der Waals surface area contributed by atoms with Crippen LogP contribution in [0.5, 0.6) is 0 Å². The monoisotopic (exact) mass is 506 g/mol. The first-order valence-electron chi connectivity index (χ1n) is 13.2. The van der Waals surface area contributed by atoms with Gasteiger partial charge in [0.25, 0.3) is 5.56 Å². The van der Waals surface area contributed by atoms with Crippen molar-refractivity contribution in [1.29, 1.82) is 0 Å². The molecule has 8 heteroatoms. The molecule has 3 aromatic rings. The molecule has 0 unspecified atom stereocenters. The Bertz CT molecular complexity index is 1370. The van der Waals surface area contributed by atoms with Crippen LogP contribution in [0.25, 0.3) is 28.6 Å². The number of H-pyrrole nitrogens is 1. The number of aromatic nitrogens is 4. The fraction of sp³-hybridized carbons (Fsp3) is 0.500. The van der Waals surface area contributed by atoms with Gasteiger partial charge in [-0.15, -0.1) is 0 Å². The number of carboxylic acids is 1. The predicted octanol–water partition coefficient (Wildman–Crippen LogP) is 6.18. The molecule has 0 bridgehead atoms. The largest absolute Gasteiger partial charge is 0.478 e. The standard InChI is InChI=1S/C28H34N4O3S/c33-23(34)16-13-19-11-14-22(15-12-19)25-29-24-26(30-25)31(17-20-7-3-1-4-8-20)28(36)32(27(24)35)18-21-9-5-2-6-10-21/h11-16,20-21H,1-10,17-18H2,(H,29,30)(H,33,34)/b16-13+. The maximum absolute atomic E-state index is 13.7. The molecule has 1 aromatic carbocycles. The van der Waals surface area contributed by atoms with Crippen molar-refractivity contribution in [3.8, 4) is 11.4 Å². The molecule has 36 heavy (non-hydrogen) atoms. The molecule has 0 aliphatic heterocycles. The predicted molar refractivity (Wildman–Crippen MR) is 144 cm³/mol. The summed E-state index contributed by atoms with van der Waals surface area (Å²) in [5, 5.41) is 8.86. The molecule has 2 saturated carbocycles. The van der Waals surface area contributed by atoms with Gasteiger partial charge in [-0.05, 0) is 61.4 Å². The van der Waals surface area contributed by atoms with Crippen LogP contribution < -0.4 is 5.56 Å². The van der Waals surface area contributed by atoms with E-state index in [9.17, 15) is 9.59 Å². The van der Waals surface area contributed by atoms with E-state index in [1.165, 1.54) is 51.4 Å². The number of fused-ring (bicyclic) bond motifs is 1. The third-order valence-electron chi connectivity index (χ3n) is 7.79. The zero-order valence-electron chi connectivity index (χ0n) is 20.6. The number of nitrogens with zero attached hydrogens (tertiary/aromatic N) is 3. The van der Waals surface area contributed by atoms with Gasteiger partial charge in [0.2, 0.25) is 0 Å². The second-order valence-corrected chi connectivity index (χ2v) is 10.8. The average Bonchev–Trinajstić information content (AvgIpc) is 3.35. The lowest BCUT2D eigenvalue weighted by Crippen LogP contribution is -2.30. The Morgan fingerprint density at radius 1 is 0.972 bits per heavy atom. The lowest BCUT2D eigenvalue weighted by molar-refractivity contribution is -0.131. The topological polar surface area (TPSA) is 92.9 Å². The number of rotatable bonds is 7. The molecular formula is C28H34N4O3S. The Balaban J connectivity index is 1.56. The van der Waals surface area contributed by atoms with Crippen LogP contribution in [0.4, 0.5) is 0 Å². The highest BCUT2D eigenvalue weighted by Gasteiger charge is 2.22. The van der Waals surface area contributed by atoms with Crippen molar-refractivity contribution < 1.29 is 9.90 Å². The molecule has 2 fully saturated rings. The molecule has 0 atom stereocenters. The summed E-state index contributed by atoms with van der Waals surface area (Å²) in [6.07, 6.45) is 14.9. The number of nitrogens with one attached hydrogen (secondary N) is 1. The quantitative estimate of drug-likeness (QED) is 0.295. The fourth-order valence-electron chi connectivity index (χ4n) is 5.80. The van der Waals surface area contributed by atoms with E-state index in [2.05, 4.69) is 9.55 Å². The van der Waals surface area contributed by atoms with Gasteiger partial charge in [-0.25, -0.2) is 9.78 Å². The maximum atomic E-state index is 13.7. The summed E-state index contributed by atoms with van der Waals surface area (Å²) in [6, 6.07) is 7.47. The highest BCUT2D eigenvalue weighted by Crippen LogP contribution is 2.28. The first-order chi connectivity index (χ1) is 17.5.